The summed E-state index contributed by atoms with van der Waals surface area (Å²) in [7, 11) is 5.18. The van der Waals surface area contributed by atoms with Crippen LogP contribution in [0.15, 0.2) is 91.0 Å². The van der Waals surface area contributed by atoms with Crippen LogP contribution in [-0.2, 0) is 25.4 Å². The van der Waals surface area contributed by atoms with E-state index in [1.807, 2.05) is 105 Å². The largest absolute Gasteiger partial charge is 0.508 e. The van der Waals surface area contributed by atoms with Crippen LogP contribution < -0.4 is 10.6 Å². The third-order valence-corrected chi connectivity index (χ3v) is 9.91. The van der Waals surface area contributed by atoms with Gasteiger partial charge in [-0.25, -0.2) is 14.8 Å². The van der Waals surface area contributed by atoms with Crippen LogP contribution in [0, 0.1) is 13.8 Å². The number of pyridine rings is 2. The molecule has 55 heavy (non-hydrogen) atoms. The zero-order chi connectivity index (χ0) is 38.8. The summed E-state index contributed by atoms with van der Waals surface area (Å²) < 4.78 is 8.51. The number of carbonyl (C=O) groups is 1. The van der Waals surface area contributed by atoms with Crippen molar-refractivity contribution in [1.29, 1.82) is 0 Å². The molecule has 0 radical (unpaired) electrons. The van der Waals surface area contributed by atoms with Gasteiger partial charge in [-0.05, 0) is 69.4 Å². The maximum atomic E-state index is 12.1. The van der Waals surface area contributed by atoms with Crippen molar-refractivity contribution in [2.75, 3.05) is 30.8 Å². The van der Waals surface area contributed by atoms with Crippen molar-refractivity contribution >= 4 is 72.6 Å². The number of ether oxygens (including phenoxy) is 1. The van der Waals surface area contributed by atoms with Crippen molar-refractivity contribution < 1.29 is 14.6 Å². The first-order valence-electron chi connectivity index (χ1n) is 18.3. The molecule has 0 aliphatic heterocycles. The number of esters is 1. The van der Waals surface area contributed by atoms with E-state index < -0.39 is 0 Å². The highest BCUT2D eigenvalue weighted by atomic mass is 16.5. The van der Waals surface area contributed by atoms with Crippen molar-refractivity contribution in [2.45, 2.75) is 34.2 Å². The predicted molar refractivity (Wildman–Crippen MR) is 221 cm³/mol. The summed E-state index contributed by atoms with van der Waals surface area (Å²) in [6.45, 7) is 10.8. The summed E-state index contributed by atoms with van der Waals surface area (Å²) in [6, 6.07) is 29.0. The first-order valence-corrected chi connectivity index (χ1v) is 18.3. The van der Waals surface area contributed by atoms with Crippen LogP contribution >= 0.6 is 0 Å². The highest BCUT2D eigenvalue weighted by Gasteiger charge is 2.19. The van der Waals surface area contributed by atoms with Gasteiger partial charge in [-0.3, -0.25) is 14.3 Å². The third-order valence-electron chi connectivity index (χ3n) is 9.91. The lowest BCUT2D eigenvalue weighted by Crippen LogP contribution is -2.22. The molecule has 0 amide bonds. The summed E-state index contributed by atoms with van der Waals surface area (Å²) in [5.41, 5.74) is 10.1. The average molecular weight is 736 g/mol. The lowest BCUT2D eigenvalue weighted by Gasteiger charge is -2.19. The van der Waals surface area contributed by atoms with E-state index in [9.17, 15) is 9.90 Å². The number of methoxy groups -OCH3 is 1. The van der Waals surface area contributed by atoms with Crippen molar-refractivity contribution in [3.8, 4) is 5.75 Å². The summed E-state index contributed by atoms with van der Waals surface area (Å²) in [5.74, 6) is -0.0599. The van der Waals surface area contributed by atoms with Crippen LogP contribution in [0.5, 0.6) is 5.75 Å². The molecular formula is C43H45N9O3. The number of hydrogen-bond acceptors (Lipinski definition) is 10. The molecule has 8 rings (SSSR count). The van der Waals surface area contributed by atoms with Crippen LogP contribution in [0.1, 0.15) is 41.2 Å². The maximum Gasteiger partial charge on any atom is 0.339 e. The van der Waals surface area contributed by atoms with Gasteiger partial charge >= 0.3 is 5.97 Å². The Labute approximate surface area is 319 Å². The van der Waals surface area contributed by atoms with E-state index in [2.05, 4.69) is 45.6 Å². The van der Waals surface area contributed by atoms with E-state index in [0.717, 1.165) is 91.0 Å². The molecule has 0 spiro atoms. The van der Waals surface area contributed by atoms with Crippen LogP contribution in [0.2, 0.25) is 0 Å². The van der Waals surface area contributed by atoms with Gasteiger partial charge in [0, 0.05) is 42.7 Å². The fourth-order valence-electron chi connectivity index (χ4n) is 7.09. The minimum absolute atomic E-state index is 0.324. The summed E-state index contributed by atoms with van der Waals surface area (Å²) in [6.07, 6.45) is 0. The second-order valence-electron chi connectivity index (χ2n) is 13.4. The fraction of sp³-hybridized carbons (Fsp3) is 0.233. The molecule has 8 aromatic rings. The standard InChI is InChI=1S/C23H27N5O.C20H18N4O2/c1-5-28(6-2)14-16-13-17(11-12-20(16)29)24-22-18-9-7-8-10-19(18)25-23-21(22)15(3)26-27(23)4;1-12-17-18(21-16-11-7-5-9-14(16)20(25)26-3)13-8-4-6-10-15(13)22-19(17)24(2)23-12/h7-13,29H,5-6,14H2,1-4H3,(H,24,25);4-11H,1-3H3,(H,21,22). The molecule has 0 fully saturated rings. The minimum Gasteiger partial charge on any atom is -0.508 e. The SMILES string of the molecule is CCN(CC)Cc1cc(Nc2c3ccccc3nc3c2c(C)nn3C)ccc1O.COC(=O)c1ccccc1Nc1c2ccccc2nc2c1c(C)nn2C. The number of nitrogens with zero attached hydrogens (tertiary/aromatic N) is 7. The Balaban J connectivity index is 0.000000170. The van der Waals surface area contributed by atoms with Gasteiger partial charge in [-0.1, -0.05) is 62.4 Å². The Kier molecular flexibility index (Phi) is 10.3. The van der Waals surface area contributed by atoms with Crippen LogP contribution in [0.4, 0.5) is 22.7 Å². The summed E-state index contributed by atoms with van der Waals surface area (Å²) in [5, 5.41) is 30.4. The minimum atomic E-state index is -0.384. The van der Waals surface area contributed by atoms with E-state index >= 15 is 0 Å². The average Bonchev–Trinajstić information content (AvgIpc) is 3.65. The highest BCUT2D eigenvalue weighted by Crippen LogP contribution is 2.37. The molecule has 4 aromatic carbocycles. The number of hydrogen-bond donors (Lipinski definition) is 3. The summed E-state index contributed by atoms with van der Waals surface area (Å²) >= 11 is 0. The number of fused-ring (bicyclic) bond motifs is 4. The predicted octanol–water partition coefficient (Wildman–Crippen LogP) is 8.68. The molecule has 0 unspecified atom stereocenters. The third kappa shape index (κ3) is 7.11. The molecule has 3 N–H and O–H groups in total. The molecule has 280 valence electrons. The van der Waals surface area contributed by atoms with Gasteiger partial charge in [0.25, 0.3) is 0 Å². The monoisotopic (exact) mass is 735 g/mol. The molecule has 4 heterocycles. The topological polar surface area (TPSA) is 135 Å². The smallest absolute Gasteiger partial charge is 0.339 e. The second-order valence-corrected chi connectivity index (χ2v) is 13.4. The van der Waals surface area contributed by atoms with Crippen LogP contribution in [0.25, 0.3) is 43.9 Å². The number of phenols is 1. The van der Waals surface area contributed by atoms with Gasteiger partial charge in [0.2, 0.25) is 0 Å². The van der Waals surface area contributed by atoms with E-state index in [-0.39, 0.29) is 5.97 Å². The van der Waals surface area contributed by atoms with Crippen molar-refractivity contribution in [1.82, 2.24) is 34.4 Å². The number of benzene rings is 4. The number of nitrogens with one attached hydrogen (secondary N) is 2. The Bertz CT molecular complexity index is 2700. The molecule has 0 atom stereocenters. The number of phenolic OH excluding ortho intramolecular Hbond substituents is 1. The molecule has 0 bridgehead atoms. The Morgan fingerprint density at radius 1 is 0.745 bits per heavy atom. The number of aromatic hydroxyl groups is 1. The first kappa shape index (κ1) is 36.8. The maximum absolute atomic E-state index is 12.1. The Morgan fingerprint density at radius 3 is 1.84 bits per heavy atom. The van der Waals surface area contributed by atoms with Gasteiger partial charge in [0.1, 0.15) is 5.75 Å². The summed E-state index contributed by atoms with van der Waals surface area (Å²) in [4.78, 5) is 24.0. The number of carbonyl (C=O) groups excluding carboxylic acids is 1. The van der Waals surface area contributed by atoms with Crippen molar-refractivity contribution in [3.63, 3.8) is 0 Å². The van der Waals surface area contributed by atoms with Gasteiger partial charge < -0.3 is 20.5 Å². The Morgan fingerprint density at radius 2 is 1.27 bits per heavy atom. The van der Waals surface area contributed by atoms with E-state index in [4.69, 9.17) is 14.7 Å². The second kappa shape index (κ2) is 15.4. The fourth-order valence-corrected chi connectivity index (χ4v) is 7.09. The number of para-hydroxylation sites is 3. The number of aryl methyl sites for hydroxylation is 4. The van der Waals surface area contributed by atoms with Crippen molar-refractivity contribution in [2.24, 2.45) is 14.1 Å². The quantitative estimate of drug-likeness (QED) is 0.0976. The van der Waals surface area contributed by atoms with E-state index in [1.165, 1.54) is 7.11 Å². The van der Waals surface area contributed by atoms with E-state index in [1.54, 1.807) is 16.8 Å². The van der Waals surface area contributed by atoms with Crippen LogP contribution in [0.3, 0.4) is 0 Å². The lowest BCUT2D eigenvalue weighted by atomic mass is 10.1. The van der Waals surface area contributed by atoms with Gasteiger partial charge in [0.15, 0.2) is 11.3 Å². The van der Waals surface area contributed by atoms with E-state index in [0.29, 0.717) is 23.5 Å². The van der Waals surface area contributed by atoms with Gasteiger partial charge in [0.05, 0.1) is 62.9 Å². The molecule has 0 aliphatic rings. The normalized spacial score (nSPS) is 11.3. The van der Waals surface area contributed by atoms with Crippen LogP contribution in [-0.4, -0.2) is 65.7 Å². The zero-order valence-corrected chi connectivity index (χ0v) is 32.2. The molecule has 0 saturated heterocycles. The molecule has 12 heteroatoms. The lowest BCUT2D eigenvalue weighted by molar-refractivity contribution is 0.0602. The molecule has 12 nitrogen and oxygen atoms in total. The molecule has 0 saturated carbocycles. The highest BCUT2D eigenvalue weighted by molar-refractivity contribution is 6.11. The number of rotatable bonds is 9. The first-order chi connectivity index (χ1) is 26.6. The van der Waals surface area contributed by atoms with Gasteiger partial charge in [-0.2, -0.15) is 10.2 Å². The number of aromatic nitrogens is 6. The number of anilines is 4. The molecule has 0 aliphatic carbocycles. The van der Waals surface area contributed by atoms with Crippen molar-refractivity contribution in [3.05, 3.63) is 114 Å². The Hall–Kier alpha value is -6.53. The zero-order valence-electron chi connectivity index (χ0n) is 32.2. The molecule has 4 aromatic heterocycles. The van der Waals surface area contributed by atoms with Gasteiger partial charge in [-0.15, -0.1) is 0 Å². The molecular weight excluding hydrogens is 691 g/mol.